The number of aliphatic imine (C=N–C) groups is 1. The van der Waals surface area contributed by atoms with Crippen LogP contribution in [0.5, 0.6) is 17.2 Å². The van der Waals surface area contributed by atoms with Crippen LogP contribution in [0.3, 0.4) is 0 Å². The second-order valence-corrected chi connectivity index (χ2v) is 7.56. The van der Waals surface area contributed by atoms with Gasteiger partial charge in [0.15, 0.2) is 17.3 Å². The molecule has 0 spiro atoms. The molecule has 2 aromatic carbocycles. The van der Waals surface area contributed by atoms with Crippen molar-refractivity contribution in [3.63, 3.8) is 0 Å². The quantitative estimate of drug-likeness (QED) is 0.637. The van der Waals surface area contributed by atoms with Crippen LogP contribution in [0.1, 0.15) is 41.3 Å². The van der Waals surface area contributed by atoms with E-state index in [0.717, 1.165) is 5.56 Å². The molecule has 0 bridgehead atoms. The van der Waals surface area contributed by atoms with Gasteiger partial charge in [-0.05, 0) is 31.5 Å². The summed E-state index contributed by atoms with van der Waals surface area (Å²) in [5, 5.41) is 0. The summed E-state index contributed by atoms with van der Waals surface area (Å²) in [6.45, 7) is 3.77. The fourth-order valence-corrected chi connectivity index (χ4v) is 4.53. The summed E-state index contributed by atoms with van der Waals surface area (Å²) in [6.07, 6.45) is 0. The lowest BCUT2D eigenvalue weighted by Crippen LogP contribution is -2.35. The Hall–Kier alpha value is -3.61. The molecule has 0 amide bonds. The van der Waals surface area contributed by atoms with Crippen molar-refractivity contribution in [3.8, 4) is 17.2 Å². The average Bonchev–Trinajstić information content (AvgIpc) is 3.08. The van der Waals surface area contributed by atoms with Crippen molar-refractivity contribution in [2.45, 2.75) is 19.8 Å². The lowest BCUT2D eigenvalue weighted by molar-refractivity contribution is -0.146. The number of rotatable bonds is 6. The number of hydrogen-bond acceptors (Lipinski definition) is 7. The lowest BCUT2D eigenvalue weighted by Gasteiger charge is -2.31. The van der Waals surface area contributed by atoms with E-state index in [1.165, 1.54) is 21.3 Å². The first-order valence-corrected chi connectivity index (χ1v) is 10.4. The Morgan fingerprint density at radius 3 is 2.19 bits per heavy atom. The maximum absolute atomic E-state index is 13.5. The van der Waals surface area contributed by atoms with E-state index in [-0.39, 0.29) is 12.4 Å². The molecular weight excluding hydrogens is 410 g/mol. The zero-order chi connectivity index (χ0) is 23.0. The number of fused-ring (bicyclic) bond motifs is 2. The second-order valence-electron chi connectivity index (χ2n) is 7.56. The van der Waals surface area contributed by atoms with Crippen LogP contribution in [-0.2, 0) is 9.53 Å². The molecular formula is C25H25NO6. The van der Waals surface area contributed by atoms with Crippen LogP contribution in [-0.4, -0.2) is 45.4 Å². The lowest BCUT2D eigenvalue weighted by atomic mass is 9.75. The van der Waals surface area contributed by atoms with Gasteiger partial charge >= 0.3 is 5.97 Å². The Morgan fingerprint density at radius 1 is 1.00 bits per heavy atom. The molecule has 2 aliphatic rings. The Morgan fingerprint density at radius 2 is 1.62 bits per heavy atom. The van der Waals surface area contributed by atoms with E-state index in [1.807, 2.05) is 18.2 Å². The fourth-order valence-electron chi connectivity index (χ4n) is 4.53. The molecule has 4 rings (SSSR count). The zero-order valence-corrected chi connectivity index (χ0v) is 18.7. The van der Waals surface area contributed by atoms with Crippen molar-refractivity contribution in [1.82, 2.24) is 0 Å². The third-order valence-electron chi connectivity index (χ3n) is 5.90. The highest BCUT2D eigenvalue weighted by molar-refractivity contribution is 6.24. The second kappa shape index (κ2) is 8.49. The number of allylic oxidation sites excluding steroid dienone is 1. The highest BCUT2D eigenvalue weighted by atomic mass is 16.5. The molecule has 32 heavy (non-hydrogen) atoms. The number of carbonyl (C=O) groups excluding carboxylic acids is 2. The van der Waals surface area contributed by atoms with Crippen molar-refractivity contribution >= 4 is 23.2 Å². The number of benzene rings is 2. The van der Waals surface area contributed by atoms with Crippen LogP contribution >= 0.6 is 0 Å². The van der Waals surface area contributed by atoms with E-state index in [0.29, 0.717) is 45.4 Å². The maximum Gasteiger partial charge on any atom is 0.315 e. The van der Waals surface area contributed by atoms with Gasteiger partial charge in [0.2, 0.25) is 5.75 Å². The smallest absolute Gasteiger partial charge is 0.315 e. The van der Waals surface area contributed by atoms with Gasteiger partial charge in [-0.1, -0.05) is 24.3 Å². The topological polar surface area (TPSA) is 83.4 Å². The van der Waals surface area contributed by atoms with Crippen LogP contribution < -0.4 is 14.2 Å². The molecule has 1 aliphatic heterocycles. The molecule has 7 heteroatoms. The molecule has 0 aromatic heterocycles. The standard InChI is InChI=1S/C25H25NO6/c1-6-32-25(28)19-13(2)26-22-15-9-7-8-10-16(15)23(27)21(22)20(19)14-11-17(29-3)24(31-5)18(12-14)30-4/h7-12,19-20H,6H2,1-5H3/t19?,20-/m0/s1. The van der Waals surface area contributed by atoms with Gasteiger partial charge in [-0.25, -0.2) is 0 Å². The number of esters is 1. The third kappa shape index (κ3) is 3.25. The van der Waals surface area contributed by atoms with Crippen LogP contribution in [0.2, 0.25) is 0 Å². The van der Waals surface area contributed by atoms with E-state index in [1.54, 1.807) is 32.0 Å². The van der Waals surface area contributed by atoms with Crippen LogP contribution in [0, 0.1) is 5.92 Å². The van der Waals surface area contributed by atoms with Gasteiger partial charge in [0.25, 0.3) is 0 Å². The van der Waals surface area contributed by atoms with Gasteiger partial charge in [0.05, 0.1) is 33.6 Å². The summed E-state index contributed by atoms with van der Waals surface area (Å²) in [5.41, 5.74) is 3.69. The molecule has 0 N–H and O–H groups in total. The summed E-state index contributed by atoms with van der Waals surface area (Å²) in [4.78, 5) is 31.3. The van der Waals surface area contributed by atoms with Crippen LogP contribution in [0.4, 0.5) is 0 Å². The molecule has 0 saturated heterocycles. The summed E-state index contributed by atoms with van der Waals surface area (Å²) >= 11 is 0. The Bertz CT molecular complexity index is 1140. The first kappa shape index (κ1) is 21.6. The SMILES string of the molecule is CCOC(=O)C1C(C)=NC2=C(C(=O)c3ccccc32)[C@H]1c1cc(OC)c(OC)c(OC)c1. The fraction of sp³-hybridized carbons (Fsp3) is 0.320. The molecule has 7 nitrogen and oxygen atoms in total. The van der Waals surface area contributed by atoms with E-state index in [9.17, 15) is 9.59 Å². The van der Waals surface area contributed by atoms with E-state index in [4.69, 9.17) is 23.9 Å². The number of methoxy groups -OCH3 is 3. The van der Waals surface area contributed by atoms with Crippen LogP contribution in [0.25, 0.3) is 5.70 Å². The van der Waals surface area contributed by atoms with Crippen molar-refractivity contribution in [2.75, 3.05) is 27.9 Å². The number of ether oxygens (including phenoxy) is 4. The van der Waals surface area contributed by atoms with Gasteiger partial charge in [-0.15, -0.1) is 0 Å². The molecule has 0 saturated carbocycles. The minimum atomic E-state index is -0.755. The number of nitrogens with zero attached hydrogens (tertiary/aromatic N) is 1. The number of hydrogen-bond donors (Lipinski definition) is 0. The number of ketones is 1. The molecule has 166 valence electrons. The zero-order valence-electron chi connectivity index (χ0n) is 18.7. The van der Waals surface area contributed by atoms with Crippen molar-refractivity contribution in [3.05, 3.63) is 58.7 Å². The molecule has 2 aromatic rings. The molecule has 0 fully saturated rings. The molecule has 1 heterocycles. The summed E-state index contributed by atoms with van der Waals surface area (Å²) < 4.78 is 21.9. The highest BCUT2D eigenvalue weighted by Gasteiger charge is 2.46. The predicted octanol–water partition coefficient (Wildman–Crippen LogP) is 4.06. The third-order valence-corrected chi connectivity index (χ3v) is 5.90. The molecule has 1 aliphatic carbocycles. The van der Waals surface area contributed by atoms with Crippen molar-refractivity contribution in [2.24, 2.45) is 10.9 Å². The molecule has 0 radical (unpaired) electrons. The summed E-state index contributed by atoms with van der Waals surface area (Å²) in [5.74, 6) is -0.625. The number of carbonyl (C=O) groups is 2. The van der Waals surface area contributed by atoms with Crippen LogP contribution in [0.15, 0.2) is 47.0 Å². The van der Waals surface area contributed by atoms with Gasteiger partial charge in [-0.3, -0.25) is 14.6 Å². The predicted molar refractivity (Wildman–Crippen MR) is 120 cm³/mol. The van der Waals surface area contributed by atoms with Crippen molar-refractivity contribution in [1.29, 1.82) is 0 Å². The monoisotopic (exact) mass is 435 g/mol. The van der Waals surface area contributed by atoms with Crippen molar-refractivity contribution < 1.29 is 28.5 Å². The Kier molecular flexibility index (Phi) is 5.74. The Balaban J connectivity index is 1.97. The minimum absolute atomic E-state index is 0.139. The van der Waals surface area contributed by atoms with Gasteiger partial charge in [0.1, 0.15) is 5.92 Å². The first-order chi connectivity index (χ1) is 15.5. The molecule has 2 atom stereocenters. The summed E-state index contributed by atoms with van der Waals surface area (Å²) in [6, 6.07) is 10.9. The normalized spacial score (nSPS) is 19.2. The highest BCUT2D eigenvalue weighted by Crippen LogP contribution is 2.50. The van der Waals surface area contributed by atoms with Gasteiger partial charge in [0, 0.05) is 28.3 Å². The minimum Gasteiger partial charge on any atom is -0.493 e. The first-order valence-electron chi connectivity index (χ1n) is 10.4. The number of Topliss-reactive ketones (excluding diaryl/α,β-unsaturated/α-hetero) is 1. The van der Waals surface area contributed by atoms with Gasteiger partial charge in [-0.2, -0.15) is 0 Å². The van der Waals surface area contributed by atoms with E-state index >= 15 is 0 Å². The van der Waals surface area contributed by atoms with E-state index in [2.05, 4.69) is 0 Å². The average molecular weight is 435 g/mol. The summed E-state index contributed by atoms with van der Waals surface area (Å²) in [7, 11) is 4.58. The molecule has 1 unspecified atom stereocenters. The maximum atomic E-state index is 13.5. The largest absolute Gasteiger partial charge is 0.493 e. The van der Waals surface area contributed by atoms with Gasteiger partial charge < -0.3 is 18.9 Å². The Labute approximate surface area is 186 Å². The van der Waals surface area contributed by atoms with E-state index < -0.39 is 17.8 Å².